The average molecular weight is 620 g/mol. The summed E-state index contributed by atoms with van der Waals surface area (Å²) in [5.41, 5.74) is 1.80. The highest BCUT2D eigenvalue weighted by molar-refractivity contribution is 8.00. The van der Waals surface area contributed by atoms with E-state index in [-0.39, 0.29) is 29.0 Å². The number of nitrogens with zero attached hydrogens (tertiary/aromatic N) is 3. The van der Waals surface area contributed by atoms with Crippen molar-refractivity contribution in [2.24, 2.45) is 5.92 Å². The van der Waals surface area contributed by atoms with E-state index in [2.05, 4.69) is 10.2 Å². The smallest absolute Gasteiger partial charge is 0.297 e. The zero-order valence-corrected chi connectivity index (χ0v) is 24.4. The Labute approximate surface area is 253 Å². The van der Waals surface area contributed by atoms with E-state index in [1.807, 2.05) is 24.3 Å². The van der Waals surface area contributed by atoms with Crippen LogP contribution in [0.25, 0.3) is 11.0 Å². The molecule has 0 spiro atoms. The van der Waals surface area contributed by atoms with Crippen LogP contribution in [0.1, 0.15) is 34.6 Å². The van der Waals surface area contributed by atoms with Crippen LogP contribution in [-0.4, -0.2) is 39.4 Å². The van der Waals surface area contributed by atoms with Crippen LogP contribution in [0.4, 0.5) is 5.13 Å². The lowest BCUT2D eigenvalue weighted by molar-refractivity contribution is -0.135. The average Bonchev–Trinajstić information content (AvgIpc) is 3.70. The van der Waals surface area contributed by atoms with E-state index in [9.17, 15) is 19.5 Å². The molecule has 1 amide bonds. The van der Waals surface area contributed by atoms with Crippen LogP contribution in [0.2, 0.25) is 5.02 Å². The second kappa shape index (κ2) is 11.6. The van der Waals surface area contributed by atoms with Crippen LogP contribution in [0, 0.1) is 5.92 Å². The molecule has 6 rings (SSSR count). The summed E-state index contributed by atoms with van der Waals surface area (Å²) >= 11 is 8.80. The van der Waals surface area contributed by atoms with Gasteiger partial charge in [-0.25, -0.2) is 0 Å². The predicted octanol–water partition coefficient (Wildman–Crippen LogP) is 6.49. The number of furan rings is 1. The number of para-hydroxylation sites is 1. The maximum absolute atomic E-state index is 13.9. The van der Waals surface area contributed by atoms with Gasteiger partial charge in [-0.2, -0.15) is 0 Å². The number of carbonyl (C=O) groups is 3. The number of anilines is 1. The number of rotatable bonds is 9. The molecule has 42 heavy (non-hydrogen) atoms. The molecule has 0 bridgehead atoms. The number of Topliss-reactive ketones (excluding diaryl/α,β-unsaturated/α-hetero) is 2. The number of halogens is 1. The topological polar surface area (TPSA) is 123 Å². The largest absolute Gasteiger partial charge is 0.504 e. The Morgan fingerprint density at radius 2 is 1.88 bits per heavy atom. The van der Waals surface area contributed by atoms with Crippen molar-refractivity contribution in [3.8, 4) is 11.5 Å². The minimum Gasteiger partial charge on any atom is -0.504 e. The first-order chi connectivity index (χ1) is 20.4. The molecule has 2 atom stereocenters. The number of phenols is 1. The number of thioether (sulfide) groups is 1. The standard InChI is InChI=1S/C30H22ClN3O6S2/c1-2-39-22-14-17(11-12-20(22)35)25-24(26(36)23-13-16-7-4-6-10-21(16)40-23)27(37)28(38)34(25)29-32-33-30(42-29)41-15-18-8-3-5-9-19(18)31/h3-14,24-25,35H,2,15H2,1H3. The number of hydrogen-bond acceptors (Lipinski definition) is 10. The quantitative estimate of drug-likeness (QED) is 0.0648. The maximum atomic E-state index is 13.9. The molecule has 1 aliphatic rings. The second-order valence-electron chi connectivity index (χ2n) is 9.37. The van der Waals surface area contributed by atoms with E-state index in [4.69, 9.17) is 20.8 Å². The van der Waals surface area contributed by atoms with Crippen molar-refractivity contribution in [3.05, 3.63) is 94.7 Å². The van der Waals surface area contributed by atoms with E-state index in [1.54, 1.807) is 43.3 Å². The molecule has 3 aromatic carbocycles. The molecule has 0 saturated carbocycles. The van der Waals surface area contributed by atoms with Gasteiger partial charge in [0, 0.05) is 16.2 Å². The van der Waals surface area contributed by atoms with Crippen LogP contribution in [0.5, 0.6) is 11.5 Å². The minimum absolute atomic E-state index is 0.0359. The Morgan fingerprint density at radius 1 is 1.10 bits per heavy atom. The molecule has 1 fully saturated rings. The van der Waals surface area contributed by atoms with Gasteiger partial charge in [-0.15, -0.1) is 10.2 Å². The van der Waals surface area contributed by atoms with Gasteiger partial charge in [0.05, 0.1) is 12.6 Å². The fourth-order valence-corrected chi connectivity index (χ4v) is 7.00. The summed E-state index contributed by atoms with van der Waals surface area (Å²) in [5, 5.41) is 20.2. The van der Waals surface area contributed by atoms with Crippen molar-refractivity contribution < 1.29 is 28.6 Å². The lowest BCUT2D eigenvalue weighted by Crippen LogP contribution is -2.30. The number of fused-ring (bicyclic) bond motifs is 1. The van der Waals surface area contributed by atoms with Gasteiger partial charge in [0.2, 0.25) is 16.7 Å². The molecule has 5 aromatic rings. The zero-order chi connectivity index (χ0) is 29.4. The molecule has 9 nitrogen and oxygen atoms in total. The summed E-state index contributed by atoms with van der Waals surface area (Å²) in [4.78, 5) is 42.2. The molecule has 2 aromatic heterocycles. The van der Waals surface area contributed by atoms with Gasteiger partial charge >= 0.3 is 0 Å². The fraction of sp³-hybridized carbons (Fsp3) is 0.167. The number of amides is 1. The van der Waals surface area contributed by atoms with Gasteiger partial charge in [0.15, 0.2) is 21.6 Å². The van der Waals surface area contributed by atoms with Crippen molar-refractivity contribution in [2.45, 2.75) is 23.1 Å². The van der Waals surface area contributed by atoms with Crippen LogP contribution in [0.3, 0.4) is 0 Å². The Bertz CT molecular complexity index is 1800. The Balaban J connectivity index is 1.39. The third-order valence-corrected chi connectivity index (χ3v) is 9.27. The second-order valence-corrected chi connectivity index (χ2v) is 12.0. The number of aromatic hydroxyl groups is 1. The predicted molar refractivity (Wildman–Crippen MR) is 159 cm³/mol. The Morgan fingerprint density at radius 3 is 2.67 bits per heavy atom. The van der Waals surface area contributed by atoms with Gasteiger partial charge in [0.1, 0.15) is 11.5 Å². The minimum atomic E-state index is -1.43. The number of ether oxygens (including phenoxy) is 1. The van der Waals surface area contributed by atoms with E-state index < -0.39 is 29.4 Å². The van der Waals surface area contributed by atoms with Crippen molar-refractivity contribution in [1.82, 2.24) is 10.2 Å². The summed E-state index contributed by atoms with van der Waals surface area (Å²) in [6, 6.07) is 19.5. The monoisotopic (exact) mass is 619 g/mol. The van der Waals surface area contributed by atoms with Crippen LogP contribution in [-0.2, 0) is 15.3 Å². The summed E-state index contributed by atoms with van der Waals surface area (Å²) in [6.07, 6.45) is 0. The lowest BCUT2D eigenvalue weighted by Gasteiger charge is -2.25. The van der Waals surface area contributed by atoms with Crippen molar-refractivity contribution in [3.63, 3.8) is 0 Å². The number of hydrogen-bond donors (Lipinski definition) is 1. The van der Waals surface area contributed by atoms with Crippen molar-refractivity contribution >= 4 is 68.3 Å². The van der Waals surface area contributed by atoms with Crippen LogP contribution in [0.15, 0.2) is 81.6 Å². The lowest BCUT2D eigenvalue weighted by atomic mass is 9.88. The molecular formula is C30H22ClN3O6S2. The number of aromatic nitrogens is 2. The zero-order valence-electron chi connectivity index (χ0n) is 22.0. The van der Waals surface area contributed by atoms with Crippen molar-refractivity contribution in [1.29, 1.82) is 0 Å². The third kappa shape index (κ3) is 5.15. The van der Waals surface area contributed by atoms with E-state index in [1.165, 1.54) is 28.8 Å². The Hall–Kier alpha value is -4.19. The highest BCUT2D eigenvalue weighted by Crippen LogP contribution is 2.45. The molecule has 0 radical (unpaired) electrons. The number of benzene rings is 3. The summed E-state index contributed by atoms with van der Waals surface area (Å²) in [5.74, 6) is -3.32. The normalized spacial score (nSPS) is 16.9. The van der Waals surface area contributed by atoms with E-state index in [0.717, 1.165) is 16.9 Å². The first kappa shape index (κ1) is 28.0. The summed E-state index contributed by atoms with van der Waals surface area (Å²) < 4.78 is 11.9. The van der Waals surface area contributed by atoms with Gasteiger partial charge in [0.25, 0.3) is 5.91 Å². The van der Waals surface area contributed by atoms with Gasteiger partial charge in [-0.05, 0) is 48.4 Å². The highest BCUT2D eigenvalue weighted by Gasteiger charge is 2.54. The SMILES string of the molecule is CCOc1cc(C2C(C(=O)c3cc4ccccc4o3)C(=O)C(=O)N2c2nnc(SCc3ccccc3Cl)s2)ccc1O. The Kier molecular flexibility index (Phi) is 7.72. The first-order valence-corrected chi connectivity index (χ1v) is 15.1. The molecule has 3 heterocycles. The van der Waals surface area contributed by atoms with Gasteiger partial charge in [-0.3, -0.25) is 19.3 Å². The molecular weight excluding hydrogens is 598 g/mol. The van der Waals surface area contributed by atoms with Crippen LogP contribution >= 0.6 is 34.7 Å². The summed E-state index contributed by atoms with van der Waals surface area (Å²) in [6.45, 7) is 2.03. The fourth-order valence-electron chi connectivity index (χ4n) is 4.84. The highest BCUT2D eigenvalue weighted by atomic mass is 35.5. The maximum Gasteiger partial charge on any atom is 0.297 e. The number of phenolic OH excluding ortho intramolecular Hbond substituents is 1. The van der Waals surface area contributed by atoms with E-state index in [0.29, 0.717) is 31.6 Å². The molecule has 2 unspecified atom stereocenters. The molecule has 0 aliphatic carbocycles. The molecule has 212 valence electrons. The molecule has 1 N–H and O–H groups in total. The number of carbonyl (C=O) groups excluding carboxylic acids is 3. The van der Waals surface area contributed by atoms with Gasteiger partial charge in [-0.1, -0.05) is 77.2 Å². The first-order valence-electron chi connectivity index (χ1n) is 12.9. The van der Waals surface area contributed by atoms with Crippen LogP contribution < -0.4 is 9.64 Å². The third-order valence-electron chi connectivity index (χ3n) is 6.79. The molecule has 1 saturated heterocycles. The summed E-state index contributed by atoms with van der Waals surface area (Å²) in [7, 11) is 0. The molecule has 1 aliphatic heterocycles. The molecule has 12 heteroatoms. The number of ketones is 2. The van der Waals surface area contributed by atoms with Gasteiger partial charge < -0.3 is 14.3 Å². The van der Waals surface area contributed by atoms with Crippen molar-refractivity contribution in [2.75, 3.05) is 11.5 Å². The van der Waals surface area contributed by atoms with E-state index >= 15 is 0 Å².